The number of rotatable bonds is 9. The van der Waals surface area contributed by atoms with E-state index >= 15 is 0 Å². The number of aromatic nitrogens is 1. The number of aliphatic carboxylic acids is 1. The van der Waals surface area contributed by atoms with Gasteiger partial charge in [0.05, 0.1) is 16.5 Å². The molecule has 1 aliphatic heterocycles. The van der Waals surface area contributed by atoms with Gasteiger partial charge in [-0.1, -0.05) is 113 Å². The zero-order chi connectivity index (χ0) is 29.3. The van der Waals surface area contributed by atoms with Crippen molar-refractivity contribution in [2.75, 3.05) is 5.75 Å². The zero-order valence-electron chi connectivity index (χ0n) is 24.2. The molecule has 3 aromatic carbocycles. The highest BCUT2D eigenvalue weighted by atomic mass is 32.2. The molecule has 1 N–H and O–H groups in total. The number of aliphatic imine (C=N–C) groups is 1. The van der Waals surface area contributed by atoms with Gasteiger partial charge in [0.2, 0.25) is 0 Å². The van der Waals surface area contributed by atoms with Gasteiger partial charge in [0.25, 0.3) is 8.32 Å². The number of benzene rings is 3. The summed E-state index contributed by atoms with van der Waals surface area (Å²) in [4.78, 5) is 22.3. The van der Waals surface area contributed by atoms with Crippen LogP contribution in [0.5, 0.6) is 0 Å². The van der Waals surface area contributed by atoms with Gasteiger partial charge in [-0.25, -0.2) is 9.78 Å². The van der Waals surface area contributed by atoms with Gasteiger partial charge in [-0.15, -0.1) is 23.1 Å². The van der Waals surface area contributed by atoms with Crippen molar-refractivity contribution in [2.45, 2.75) is 58.2 Å². The summed E-state index contributed by atoms with van der Waals surface area (Å²) in [6, 6.07) is 29.9. The molecule has 0 spiro atoms. The number of hydrogen-bond donors (Lipinski definition) is 1. The van der Waals surface area contributed by atoms with Gasteiger partial charge >= 0.3 is 5.97 Å². The van der Waals surface area contributed by atoms with Crippen LogP contribution in [-0.4, -0.2) is 40.7 Å². The van der Waals surface area contributed by atoms with Crippen molar-refractivity contribution >= 4 is 52.8 Å². The molecule has 0 saturated carbocycles. The van der Waals surface area contributed by atoms with Crippen LogP contribution in [0, 0.1) is 0 Å². The van der Waals surface area contributed by atoms with Crippen LogP contribution in [0.1, 0.15) is 50.9 Å². The highest BCUT2D eigenvalue weighted by molar-refractivity contribution is 8.14. The molecule has 0 saturated heterocycles. The van der Waals surface area contributed by atoms with Crippen LogP contribution < -0.4 is 10.4 Å². The second kappa shape index (κ2) is 11.7. The minimum absolute atomic E-state index is 0.0894. The lowest BCUT2D eigenvalue weighted by molar-refractivity contribution is -0.141. The van der Waals surface area contributed by atoms with Gasteiger partial charge < -0.3 is 9.53 Å². The lowest BCUT2D eigenvalue weighted by Gasteiger charge is -2.43. The number of carboxylic acids is 1. The summed E-state index contributed by atoms with van der Waals surface area (Å²) in [6.07, 6.45) is 0.816. The molecule has 8 heteroatoms. The van der Waals surface area contributed by atoms with Crippen LogP contribution in [0.3, 0.4) is 0 Å². The number of carboxylic acid groups (broad SMARTS) is 1. The summed E-state index contributed by atoms with van der Waals surface area (Å²) in [5.41, 5.74) is 1.83. The monoisotopic (exact) mass is 600 g/mol. The second-order valence-corrected chi connectivity index (χ2v) is 17.9. The molecule has 0 bridgehead atoms. The average molecular weight is 601 g/mol. The van der Waals surface area contributed by atoms with Gasteiger partial charge in [-0.3, -0.25) is 4.99 Å². The van der Waals surface area contributed by atoms with E-state index in [0.29, 0.717) is 17.4 Å². The van der Waals surface area contributed by atoms with Gasteiger partial charge in [0.1, 0.15) is 10.7 Å². The molecule has 5 nitrogen and oxygen atoms in total. The fraction of sp³-hybridized carbons (Fsp3) is 0.303. The third-order valence-corrected chi connectivity index (χ3v) is 15.1. The number of nitrogens with zero attached hydrogens (tertiary/aromatic N) is 2. The van der Waals surface area contributed by atoms with Crippen molar-refractivity contribution < 1.29 is 14.3 Å². The van der Waals surface area contributed by atoms with E-state index < -0.39 is 19.8 Å². The van der Waals surface area contributed by atoms with Gasteiger partial charge in [0, 0.05) is 5.75 Å². The number of thioether (sulfide) groups is 1. The predicted octanol–water partition coefficient (Wildman–Crippen LogP) is 6.79. The fourth-order valence-electron chi connectivity index (χ4n) is 5.29. The Balaban J connectivity index is 1.46. The standard InChI is InChI=1S/C33H36N2O3S2Si/c1-6-27-34-28(30-35-33(5,22-39-30)31(36)37)29(40-27)24-19-17-23(18-20-24)21-38-41(32(2,3)4,25-13-9-7-10-14-25)26-15-11-8-12-16-26/h7-20H,6,21-22H2,1-5H3,(H,36,37)/t33-/m0/s1. The summed E-state index contributed by atoms with van der Waals surface area (Å²) in [7, 11) is -2.64. The molecule has 41 heavy (non-hydrogen) atoms. The van der Waals surface area contributed by atoms with E-state index in [1.165, 1.54) is 22.1 Å². The molecule has 0 aliphatic carbocycles. The Hall–Kier alpha value is -3.04. The smallest absolute Gasteiger partial charge is 0.332 e. The van der Waals surface area contributed by atoms with E-state index in [0.717, 1.165) is 33.1 Å². The van der Waals surface area contributed by atoms with E-state index in [9.17, 15) is 9.90 Å². The molecule has 0 unspecified atom stereocenters. The summed E-state index contributed by atoms with van der Waals surface area (Å²) in [5.74, 6) is -0.494. The highest BCUT2D eigenvalue weighted by Crippen LogP contribution is 2.39. The minimum Gasteiger partial charge on any atom is -0.479 e. The number of hydrogen-bond acceptors (Lipinski definition) is 6. The molecule has 212 valence electrons. The van der Waals surface area contributed by atoms with Crippen LogP contribution in [0.2, 0.25) is 5.04 Å². The number of aryl methyl sites for hydroxylation is 1. The van der Waals surface area contributed by atoms with Crippen LogP contribution in [-0.2, 0) is 22.2 Å². The van der Waals surface area contributed by atoms with E-state index in [-0.39, 0.29) is 5.04 Å². The van der Waals surface area contributed by atoms with Crippen molar-refractivity contribution in [1.82, 2.24) is 4.98 Å². The predicted molar refractivity (Wildman–Crippen MR) is 174 cm³/mol. The maximum atomic E-state index is 11.8. The summed E-state index contributed by atoms with van der Waals surface area (Å²) in [6.45, 7) is 11.1. The van der Waals surface area contributed by atoms with E-state index in [1.807, 2.05) is 0 Å². The maximum absolute atomic E-state index is 11.8. The quantitative estimate of drug-likeness (QED) is 0.214. The molecule has 4 aromatic rings. The summed E-state index contributed by atoms with van der Waals surface area (Å²) in [5, 5.41) is 13.8. The fourth-order valence-corrected chi connectivity index (χ4v) is 12.1. The molecule has 1 atom stereocenters. The van der Waals surface area contributed by atoms with Crippen LogP contribution in [0.25, 0.3) is 10.4 Å². The van der Waals surface area contributed by atoms with Crippen molar-refractivity contribution in [3.8, 4) is 10.4 Å². The van der Waals surface area contributed by atoms with Crippen molar-refractivity contribution in [1.29, 1.82) is 0 Å². The van der Waals surface area contributed by atoms with Gasteiger partial charge in [-0.2, -0.15) is 0 Å². The van der Waals surface area contributed by atoms with Crippen molar-refractivity contribution in [3.63, 3.8) is 0 Å². The summed E-state index contributed by atoms with van der Waals surface area (Å²) >= 11 is 3.13. The maximum Gasteiger partial charge on any atom is 0.332 e. The Morgan fingerprint density at radius 2 is 1.56 bits per heavy atom. The molecular formula is C33H36N2O3S2Si. The first-order chi connectivity index (χ1) is 19.6. The molecule has 1 aromatic heterocycles. The van der Waals surface area contributed by atoms with E-state index in [4.69, 9.17) is 9.41 Å². The number of carbonyl (C=O) groups is 1. The normalized spacial score (nSPS) is 17.4. The summed E-state index contributed by atoms with van der Waals surface area (Å²) < 4.78 is 7.12. The largest absolute Gasteiger partial charge is 0.479 e. The van der Waals surface area contributed by atoms with Gasteiger partial charge in [0.15, 0.2) is 5.54 Å². The first kappa shape index (κ1) is 29.4. The highest BCUT2D eigenvalue weighted by Gasteiger charge is 2.50. The first-order valence-corrected chi connectivity index (χ1v) is 17.6. The molecule has 0 fully saturated rings. The lowest BCUT2D eigenvalue weighted by Crippen LogP contribution is -2.66. The Morgan fingerprint density at radius 1 is 0.976 bits per heavy atom. The Bertz CT molecular complexity index is 1510. The first-order valence-electron chi connectivity index (χ1n) is 13.9. The SMILES string of the molecule is CCc1nc(C2=N[C@](C)(C(=O)O)CS2)c(-c2ccc(CO[Si](c3ccccc3)(c3ccccc3)C(C)(C)C)cc2)s1. The minimum atomic E-state index is -2.64. The molecule has 2 heterocycles. The molecule has 0 amide bonds. The Labute approximate surface area is 251 Å². The van der Waals surface area contributed by atoms with E-state index in [1.54, 1.807) is 18.3 Å². The average Bonchev–Trinajstić information content (AvgIpc) is 3.59. The molecule has 0 radical (unpaired) electrons. The van der Waals surface area contributed by atoms with Crippen LogP contribution >= 0.6 is 23.1 Å². The topological polar surface area (TPSA) is 71.8 Å². The molecule has 5 rings (SSSR count). The second-order valence-electron chi connectivity index (χ2n) is 11.6. The number of thiazole rings is 1. The van der Waals surface area contributed by atoms with Crippen molar-refractivity contribution in [3.05, 3.63) is 101 Å². The Morgan fingerprint density at radius 3 is 2.05 bits per heavy atom. The van der Waals surface area contributed by atoms with Crippen LogP contribution in [0.15, 0.2) is 89.9 Å². The van der Waals surface area contributed by atoms with Crippen molar-refractivity contribution in [2.24, 2.45) is 4.99 Å². The lowest BCUT2D eigenvalue weighted by atomic mass is 10.1. The Kier molecular flexibility index (Phi) is 8.39. The third kappa shape index (κ3) is 5.71. The molecule has 1 aliphatic rings. The molecular weight excluding hydrogens is 565 g/mol. The third-order valence-electron chi connectivity index (χ3n) is 7.56. The van der Waals surface area contributed by atoms with Gasteiger partial charge in [-0.05, 0) is 39.9 Å². The zero-order valence-corrected chi connectivity index (χ0v) is 26.8. The van der Waals surface area contributed by atoms with E-state index in [2.05, 4.69) is 118 Å². The van der Waals surface area contributed by atoms with Crippen LogP contribution in [0.4, 0.5) is 0 Å².